The summed E-state index contributed by atoms with van der Waals surface area (Å²) in [6.45, 7) is 4.17. The zero-order chi connectivity index (χ0) is 12.4. The molecule has 0 saturated carbocycles. The molecule has 0 spiro atoms. The molecule has 0 N–H and O–H groups in total. The predicted molar refractivity (Wildman–Crippen MR) is 80.7 cm³/mol. The number of hydrogen-bond acceptors (Lipinski definition) is 0. The van der Waals surface area contributed by atoms with Gasteiger partial charge in [0.15, 0.2) is 0 Å². The van der Waals surface area contributed by atoms with Gasteiger partial charge in [0.2, 0.25) is 0 Å². The number of aryl methyl sites for hydroxylation is 1. The zero-order valence-corrected chi connectivity index (χ0v) is 11.6. The maximum atomic E-state index is 4.17. The Balaban J connectivity index is 2.04. The second kappa shape index (κ2) is 4.58. The number of rotatable bonds is 2. The molecule has 0 saturated heterocycles. The Morgan fingerprint density at radius 3 is 2.28 bits per heavy atom. The summed E-state index contributed by atoms with van der Waals surface area (Å²) in [6, 6.07) is 22.4. The number of hydrogen-bond donors (Lipinski definition) is 0. The zero-order valence-electron chi connectivity index (χ0n) is 10.6. The Labute approximate surface area is 110 Å². The molecule has 1 heteroatoms. The number of fused-ring (bicyclic) bond motifs is 1. The summed E-state index contributed by atoms with van der Waals surface area (Å²) in [5.41, 5.74) is 5.37. The standard InChI is InChI=1S/C17H18Si/c1-2-18(17-10-4-3-5-11-17)13-12-15-8-6-7-9-16(15)14-18/h2-11H,1,12-14H2. The van der Waals surface area contributed by atoms with Crippen molar-refractivity contribution in [2.45, 2.75) is 18.5 Å². The molecule has 0 radical (unpaired) electrons. The first kappa shape index (κ1) is 11.5. The predicted octanol–water partition coefficient (Wildman–Crippen LogP) is 3.41. The maximum absolute atomic E-state index is 4.17. The van der Waals surface area contributed by atoms with Crippen molar-refractivity contribution in [2.75, 3.05) is 0 Å². The lowest BCUT2D eigenvalue weighted by molar-refractivity contribution is 1.01. The van der Waals surface area contributed by atoms with Crippen LogP contribution in [0.25, 0.3) is 0 Å². The lowest BCUT2D eigenvalue weighted by Crippen LogP contribution is -2.50. The SMILES string of the molecule is C=C[Si]1(c2ccccc2)CCc2ccccc2C1. The van der Waals surface area contributed by atoms with Crippen LogP contribution in [0.15, 0.2) is 66.9 Å². The van der Waals surface area contributed by atoms with Gasteiger partial charge in [0.05, 0.1) is 0 Å². The van der Waals surface area contributed by atoms with E-state index >= 15 is 0 Å². The molecule has 1 aliphatic heterocycles. The quantitative estimate of drug-likeness (QED) is 0.717. The van der Waals surface area contributed by atoms with E-state index in [0.29, 0.717) is 0 Å². The summed E-state index contributed by atoms with van der Waals surface area (Å²) in [5, 5.41) is 1.54. The fraction of sp³-hybridized carbons (Fsp3) is 0.176. The fourth-order valence-electron chi connectivity index (χ4n) is 3.07. The Bertz CT molecular complexity index is 559. The van der Waals surface area contributed by atoms with E-state index < -0.39 is 8.07 Å². The van der Waals surface area contributed by atoms with Gasteiger partial charge in [-0.2, -0.15) is 0 Å². The minimum absolute atomic E-state index is 1.21. The molecule has 1 aliphatic rings. The van der Waals surface area contributed by atoms with Crippen LogP contribution in [0.1, 0.15) is 11.1 Å². The van der Waals surface area contributed by atoms with Crippen molar-refractivity contribution in [2.24, 2.45) is 0 Å². The van der Waals surface area contributed by atoms with Gasteiger partial charge in [-0.1, -0.05) is 65.5 Å². The van der Waals surface area contributed by atoms with Gasteiger partial charge in [0, 0.05) is 0 Å². The first-order chi connectivity index (χ1) is 8.84. The highest BCUT2D eigenvalue weighted by molar-refractivity contribution is 6.95. The van der Waals surface area contributed by atoms with Crippen LogP contribution < -0.4 is 5.19 Å². The van der Waals surface area contributed by atoms with Crippen LogP contribution in [0.3, 0.4) is 0 Å². The Morgan fingerprint density at radius 2 is 1.56 bits per heavy atom. The summed E-state index contributed by atoms with van der Waals surface area (Å²) >= 11 is 0. The van der Waals surface area contributed by atoms with Gasteiger partial charge in [0.25, 0.3) is 0 Å². The van der Waals surface area contributed by atoms with Crippen LogP contribution in [-0.4, -0.2) is 8.07 Å². The van der Waals surface area contributed by atoms with Crippen LogP contribution in [0, 0.1) is 0 Å². The summed E-state index contributed by atoms with van der Waals surface area (Å²) in [4.78, 5) is 0. The minimum atomic E-state index is -1.52. The van der Waals surface area contributed by atoms with E-state index in [-0.39, 0.29) is 0 Å². The first-order valence-electron chi connectivity index (χ1n) is 6.60. The Kier molecular flexibility index (Phi) is 2.92. The molecule has 90 valence electrons. The van der Waals surface area contributed by atoms with E-state index in [1.54, 1.807) is 11.1 Å². The van der Waals surface area contributed by atoms with Crippen molar-refractivity contribution in [1.29, 1.82) is 0 Å². The summed E-state index contributed by atoms with van der Waals surface area (Å²) in [6.07, 6.45) is 1.21. The average Bonchev–Trinajstić information content (AvgIpc) is 2.47. The molecule has 3 rings (SSSR count). The molecule has 1 heterocycles. The van der Waals surface area contributed by atoms with Crippen LogP contribution in [0.5, 0.6) is 0 Å². The van der Waals surface area contributed by atoms with Crippen LogP contribution in [0.4, 0.5) is 0 Å². The molecule has 2 aromatic rings. The smallest absolute Gasteiger partial charge is 0.107 e. The van der Waals surface area contributed by atoms with Crippen molar-refractivity contribution in [3.05, 3.63) is 78.0 Å². The lowest BCUT2D eigenvalue weighted by atomic mass is 10.1. The highest BCUT2D eigenvalue weighted by atomic mass is 28.3. The summed E-state index contributed by atoms with van der Waals surface area (Å²) in [5.74, 6) is 0. The van der Waals surface area contributed by atoms with E-state index in [9.17, 15) is 0 Å². The van der Waals surface area contributed by atoms with E-state index in [2.05, 4.69) is 66.9 Å². The molecular formula is C17H18Si. The molecule has 1 unspecified atom stereocenters. The molecular weight excluding hydrogens is 232 g/mol. The third-order valence-corrected chi connectivity index (χ3v) is 8.62. The molecule has 1 atom stereocenters. The van der Waals surface area contributed by atoms with Gasteiger partial charge >= 0.3 is 0 Å². The van der Waals surface area contributed by atoms with Gasteiger partial charge < -0.3 is 0 Å². The van der Waals surface area contributed by atoms with Crippen LogP contribution in [0.2, 0.25) is 6.04 Å². The van der Waals surface area contributed by atoms with Gasteiger partial charge in [-0.05, 0) is 29.6 Å². The second-order valence-electron chi connectivity index (χ2n) is 5.17. The van der Waals surface area contributed by atoms with Gasteiger partial charge in [-0.25, -0.2) is 0 Å². The Hall–Kier alpha value is -1.60. The molecule has 0 amide bonds. The molecule has 0 aliphatic carbocycles. The normalized spacial score (nSPS) is 22.2. The second-order valence-corrected chi connectivity index (χ2v) is 9.32. The Morgan fingerprint density at radius 1 is 0.889 bits per heavy atom. The third kappa shape index (κ3) is 1.85. The van der Waals surface area contributed by atoms with Gasteiger partial charge in [0.1, 0.15) is 8.07 Å². The van der Waals surface area contributed by atoms with E-state index in [1.807, 2.05) is 0 Å². The molecule has 0 nitrogen and oxygen atoms in total. The van der Waals surface area contributed by atoms with E-state index in [0.717, 1.165) is 0 Å². The number of benzene rings is 2. The van der Waals surface area contributed by atoms with Crippen molar-refractivity contribution in [1.82, 2.24) is 0 Å². The molecule has 0 bridgehead atoms. The molecule has 2 aromatic carbocycles. The third-order valence-electron chi connectivity index (χ3n) is 4.20. The van der Waals surface area contributed by atoms with Crippen molar-refractivity contribution >= 4 is 13.3 Å². The fourth-order valence-corrected chi connectivity index (χ4v) is 6.92. The molecule has 0 fully saturated rings. The molecule has 0 aromatic heterocycles. The lowest BCUT2D eigenvalue weighted by Gasteiger charge is -2.34. The van der Waals surface area contributed by atoms with Crippen LogP contribution >= 0.6 is 0 Å². The van der Waals surface area contributed by atoms with Gasteiger partial charge in [-0.15, -0.1) is 6.58 Å². The maximum Gasteiger partial charge on any atom is 0.114 e. The van der Waals surface area contributed by atoms with Gasteiger partial charge in [-0.3, -0.25) is 0 Å². The van der Waals surface area contributed by atoms with E-state index in [4.69, 9.17) is 0 Å². The van der Waals surface area contributed by atoms with Crippen molar-refractivity contribution in [3.8, 4) is 0 Å². The first-order valence-corrected chi connectivity index (χ1v) is 9.09. The van der Waals surface area contributed by atoms with Crippen molar-refractivity contribution < 1.29 is 0 Å². The minimum Gasteiger partial charge on any atom is -0.107 e. The highest BCUT2D eigenvalue weighted by Crippen LogP contribution is 2.28. The van der Waals surface area contributed by atoms with E-state index in [1.165, 1.54) is 23.7 Å². The van der Waals surface area contributed by atoms with Crippen LogP contribution in [-0.2, 0) is 12.5 Å². The monoisotopic (exact) mass is 250 g/mol. The topological polar surface area (TPSA) is 0 Å². The average molecular weight is 250 g/mol. The highest BCUT2D eigenvalue weighted by Gasteiger charge is 2.35. The van der Waals surface area contributed by atoms with Crippen molar-refractivity contribution in [3.63, 3.8) is 0 Å². The molecule has 18 heavy (non-hydrogen) atoms. The summed E-state index contributed by atoms with van der Waals surface area (Å²) in [7, 11) is -1.52. The largest absolute Gasteiger partial charge is 0.114 e. The summed E-state index contributed by atoms with van der Waals surface area (Å²) < 4.78 is 0.